The highest BCUT2D eigenvalue weighted by Gasteiger charge is 2.30. The molecule has 0 unspecified atom stereocenters. The minimum atomic E-state index is 0.0870. The molecule has 7 nitrogen and oxygen atoms in total. The van der Waals surface area contributed by atoms with Crippen molar-refractivity contribution in [3.8, 4) is 11.5 Å². The van der Waals surface area contributed by atoms with Gasteiger partial charge in [-0.15, -0.1) is 10.2 Å². The molecule has 0 aliphatic heterocycles. The van der Waals surface area contributed by atoms with E-state index in [1.165, 1.54) is 24.6 Å². The van der Waals surface area contributed by atoms with E-state index in [4.69, 9.17) is 9.47 Å². The van der Waals surface area contributed by atoms with Crippen LogP contribution in [0.15, 0.2) is 23.4 Å². The largest absolute Gasteiger partial charge is 0.493 e. The first kappa shape index (κ1) is 21.5. The molecule has 1 saturated carbocycles. The summed E-state index contributed by atoms with van der Waals surface area (Å²) < 4.78 is 13.1. The molecule has 0 N–H and O–H groups in total. The van der Waals surface area contributed by atoms with E-state index in [1.54, 1.807) is 7.11 Å². The van der Waals surface area contributed by atoms with Crippen molar-refractivity contribution >= 4 is 17.7 Å². The van der Waals surface area contributed by atoms with Crippen LogP contribution in [0.1, 0.15) is 50.9 Å². The van der Waals surface area contributed by atoms with E-state index in [1.807, 2.05) is 36.9 Å². The van der Waals surface area contributed by atoms with E-state index < -0.39 is 0 Å². The summed E-state index contributed by atoms with van der Waals surface area (Å²) in [5, 5.41) is 9.49. The zero-order valence-corrected chi connectivity index (χ0v) is 18.5. The Kier molecular flexibility index (Phi) is 7.41. The van der Waals surface area contributed by atoms with E-state index in [0.29, 0.717) is 42.9 Å². The number of hydrogen-bond donors (Lipinski definition) is 0. The SMILES string of the molecule is CCOc1ccc(CN(CC)C(=O)CSc2nnc(C3CC3)n2CC)cc1OC. The summed E-state index contributed by atoms with van der Waals surface area (Å²) >= 11 is 1.47. The van der Waals surface area contributed by atoms with Crippen molar-refractivity contribution in [1.82, 2.24) is 19.7 Å². The Balaban J connectivity index is 1.62. The third-order valence-electron chi connectivity index (χ3n) is 4.96. The molecule has 1 aromatic carbocycles. The summed E-state index contributed by atoms with van der Waals surface area (Å²) in [6, 6.07) is 5.81. The Morgan fingerprint density at radius 1 is 1.24 bits per heavy atom. The standard InChI is InChI=1S/C21H30N4O3S/c1-5-24(13-15-8-11-17(28-7-3)18(12-15)27-4)19(26)14-29-21-23-22-20(16-9-10-16)25(21)6-2/h8,11-12,16H,5-7,9-10,13-14H2,1-4H3. The maximum Gasteiger partial charge on any atom is 0.233 e. The fourth-order valence-corrected chi connectivity index (χ4v) is 4.16. The molecule has 1 aromatic heterocycles. The van der Waals surface area contributed by atoms with Crippen LogP contribution in [-0.2, 0) is 17.9 Å². The lowest BCUT2D eigenvalue weighted by Gasteiger charge is -2.21. The van der Waals surface area contributed by atoms with Gasteiger partial charge in [-0.2, -0.15) is 0 Å². The number of methoxy groups -OCH3 is 1. The molecule has 29 heavy (non-hydrogen) atoms. The van der Waals surface area contributed by atoms with Crippen molar-refractivity contribution < 1.29 is 14.3 Å². The first-order chi connectivity index (χ1) is 14.1. The normalized spacial score (nSPS) is 13.4. The summed E-state index contributed by atoms with van der Waals surface area (Å²) in [6.07, 6.45) is 2.38. The average molecular weight is 419 g/mol. The van der Waals surface area contributed by atoms with E-state index in [9.17, 15) is 4.79 Å². The maximum absolute atomic E-state index is 12.8. The van der Waals surface area contributed by atoms with Crippen molar-refractivity contribution in [3.63, 3.8) is 0 Å². The van der Waals surface area contributed by atoms with E-state index in [0.717, 1.165) is 23.1 Å². The second-order valence-electron chi connectivity index (χ2n) is 6.97. The van der Waals surface area contributed by atoms with Crippen LogP contribution in [0, 0.1) is 0 Å². The summed E-state index contributed by atoms with van der Waals surface area (Å²) in [7, 11) is 1.63. The highest BCUT2D eigenvalue weighted by atomic mass is 32.2. The van der Waals surface area contributed by atoms with Gasteiger partial charge in [0.1, 0.15) is 5.82 Å². The number of ether oxygens (including phenoxy) is 2. The van der Waals surface area contributed by atoms with Gasteiger partial charge < -0.3 is 18.9 Å². The number of aromatic nitrogens is 3. The van der Waals surface area contributed by atoms with Crippen molar-refractivity contribution in [2.24, 2.45) is 0 Å². The number of hydrogen-bond acceptors (Lipinski definition) is 6. The Hall–Kier alpha value is -2.22. The van der Waals surface area contributed by atoms with Gasteiger partial charge in [0.2, 0.25) is 5.91 Å². The van der Waals surface area contributed by atoms with Gasteiger partial charge >= 0.3 is 0 Å². The molecule has 1 aliphatic rings. The van der Waals surface area contributed by atoms with Crippen LogP contribution in [0.2, 0.25) is 0 Å². The predicted molar refractivity (Wildman–Crippen MR) is 114 cm³/mol. The maximum atomic E-state index is 12.8. The van der Waals surface area contributed by atoms with E-state index >= 15 is 0 Å². The van der Waals surface area contributed by atoms with Gasteiger partial charge in [0.05, 0.1) is 19.5 Å². The second-order valence-corrected chi connectivity index (χ2v) is 7.92. The molecule has 2 aromatic rings. The Labute approximate surface area is 176 Å². The number of carbonyl (C=O) groups excluding carboxylic acids is 1. The van der Waals surface area contributed by atoms with Crippen LogP contribution < -0.4 is 9.47 Å². The number of rotatable bonds is 11. The monoisotopic (exact) mass is 418 g/mol. The second kappa shape index (κ2) is 10.0. The Bertz CT molecular complexity index is 835. The van der Waals surface area contributed by atoms with Crippen molar-refractivity contribution in [1.29, 1.82) is 0 Å². The molecular formula is C21H30N4O3S. The zero-order chi connectivity index (χ0) is 20.8. The van der Waals surface area contributed by atoms with Crippen LogP contribution >= 0.6 is 11.8 Å². The van der Waals surface area contributed by atoms with Crippen LogP contribution in [-0.4, -0.2) is 51.6 Å². The predicted octanol–water partition coefficient (Wildman–Crippen LogP) is 3.72. The third-order valence-corrected chi connectivity index (χ3v) is 5.92. The highest BCUT2D eigenvalue weighted by Crippen LogP contribution is 2.40. The first-order valence-electron chi connectivity index (χ1n) is 10.2. The molecule has 1 fully saturated rings. The molecule has 0 spiro atoms. The quantitative estimate of drug-likeness (QED) is 0.518. The molecule has 0 bridgehead atoms. The van der Waals surface area contributed by atoms with Gasteiger partial charge in [0.15, 0.2) is 16.7 Å². The minimum Gasteiger partial charge on any atom is -0.493 e. The average Bonchev–Trinajstić information content (AvgIpc) is 3.50. The topological polar surface area (TPSA) is 69.5 Å². The summed E-state index contributed by atoms with van der Waals surface area (Å²) in [4.78, 5) is 14.7. The molecule has 1 heterocycles. The Morgan fingerprint density at radius 2 is 2.03 bits per heavy atom. The van der Waals surface area contributed by atoms with Gasteiger partial charge in [-0.25, -0.2) is 0 Å². The number of carbonyl (C=O) groups is 1. The lowest BCUT2D eigenvalue weighted by Crippen LogP contribution is -2.31. The third kappa shape index (κ3) is 5.23. The van der Waals surface area contributed by atoms with E-state index in [-0.39, 0.29) is 5.91 Å². The number of thioether (sulfide) groups is 1. The molecule has 158 valence electrons. The van der Waals surface area contributed by atoms with Crippen LogP contribution in [0.3, 0.4) is 0 Å². The van der Waals surface area contributed by atoms with Crippen molar-refractivity contribution in [2.75, 3.05) is 26.0 Å². The molecular weight excluding hydrogens is 388 g/mol. The molecule has 0 radical (unpaired) electrons. The summed E-state index contributed by atoms with van der Waals surface area (Å²) in [6.45, 7) is 8.62. The number of benzene rings is 1. The summed E-state index contributed by atoms with van der Waals surface area (Å²) in [5.41, 5.74) is 1.01. The Morgan fingerprint density at radius 3 is 2.66 bits per heavy atom. The van der Waals surface area contributed by atoms with Crippen LogP contribution in [0.5, 0.6) is 11.5 Å². The molecule has 8 heteroatoms. The van der Waals surface area contributed by atoms with Gasteiger partial charge in [0.25, 0.3) is 0 Å². The minimum absolute atomic E-state index is 0.0870. The zero-order valence-electron chi connectivity index (χ0n) is 17.7. The summed E-state index contributed by atoms with van der Waals surface area (Å²) in [5.74, 6) is 3.46. The van der Waals surface area contributed by atoms with E-state index in [2.05, 4.69) is 21.7 Å². The first-order valence-corrected chi connectivity index (χ1v) is 11.2. The lowest BCUT2D eigenvalue weighted by molar-refractivity contribution is -0.128. The lowest BCUT2D eigenvalue weighted by atomic mass is 10.2. The fraction of sp³-hybridized carbons (Fsp3) is 0.571. The van der Waals surface area contributed by atoms with Crippen molar-refractivity contribution in [2.45, 2.75) is 57.8 Å². The van der Waals surface area contributed by atoms with Crippen molar-refractivity contribution in [3.05, 3.63) is 29.6 Å². The number of nitrogens with zero attached hydrogens (tertiary/aromatic N) is 4. The smallest absolute Gasteiger partial charge is 0.233 e. The van der Waals surface area contributed by atoms with Gasteiger partial charge in [-0.1, -0.05) is 17.8 Å². The molecule has 0 atom stereocenters. The van der Waals surface area contributed by atoms with Gasteiger partial charge in [-0.05, 0) is 51.3 Å². The molecule has 3 rings (SSSR count). The van der Waals surface area contributed by atoms with Crippen LogP contribution in [0.4, 0.5) is 0 Å². The fourth-order valence-electron chi connectivity index (χ4n) is 3.25. The van der Waals surface area contributed by atoms with Gasteiger partial charge in [-0.3, -0.25) is 4.79 Å². The number of amides is 1. The highest BCUT2D eigenvalue weighted by molar-refractivity contribution is 7.99. The van der Waals surface area contributed by atoms with Crippen LogP contribution in [0.25, 0.3) is 0 Å². The molecule has 0 saturated heterocycles. The molecule has 1 amide bonds. The molecule has 1 aliphatic carbocycles. The van der Waals surface area contributed by atoms with Gasteiger partial charge in [0, 0.05) is 25.6 Å².